The van der Waals surface area contributed by atoms with Crippen molar-refractivity contribution in [2.75, 3.05) is 10.0 Å². The Balaban J connectivity index is 1.86. The van der Waals surface area contributed by atoms with Gasteiger partial charge in [-0.1, -0.05) is 30.3 Å². The summed E-state index contributed by atoms with van der Waals surface area (Å²) in [5, 5.41) is 11.9. The number of anilines is 2. The van der Waals surface area contributed by atoms with E-state index in [0.29, 0.717) is 5.69 Å². The van der Waals surface area contributed by atoms with E-state index in [1.54, 1.807) is 18.2 Å². The van der Waals surface area contributed by atoms with Crippen molar-refractivity contribution in [3.8, 4) is 6.07 Å². The van der Waals surface area contributed by atoms with Crippen LogP contribution < -0.4 is 10.0 Å². The molecule has 1 amide bonds. The lowest BCUT2D eigenvalue weighted by molar-refractivity contribution is 0.102. The van der Waals surface area contributed by atoms with Gasteiger partial charge in [0, 0.05) is 11.3 Å². The van der Waals surface area contributed by atoms with Crippen molar-refractivity contribution in [1.82, 2.24) is 0 Å². The van der Waals surface area contributed by atoms with Crippen molar-refractivity contribution in [2.24, 2.45) is 0 Å². The van der Waals surface area contributed by atoms with E-state index in [1.165, 1.54) is 36.4 Å². The van der Waals surface area contributed by atoms with Gasteiger partial charge in [0.25, 0.3) is 15.9 Å². The van der Waals surface area contributed by atoms with Crippen LogP contribution in [-0.4, -0.2) is 14.3 Å². The summed E-state index contributed by atoms with van der Waals surface area (Å²) in [7, 11) is -3.96. The van der Waals surface area contributed by atoms with Crippen LogP contribution in [0.25, 0.3) is 0 Å². The number of nitrogens with one attached hydrogen (secondary N) is 2. The van der Waals surface area contributed by atoms with Gasteiger partial charge in [0.2, 0.25) is 0 Å². The Hall–Kier alpha value is -3.63. The molecule has 0 fully saturated rings. The third-order valence-corrected chi connectivity index (χ3v) is 5.34. The van der Waals surface area contributed by atoms with Gasteiger partial charge in [-0.3, -0.25) is 9.52 Å². The van der Waals surface area contributed by atoms with E-state index in [9.17, 15) is 13.2 Å². The first-order chi connectivity index (χ1) is 13.4. The predicted octanol–water partition coefficient (Wildman–Crippen LogP) is 3.92. The fraction of sp³-hybridized carbons (Fsp3) is 0.0476. The Kier molecular flexibility index (Phi) is 5.43. The molecule has 0 bridgehead atoms. The van der Waals surface area contributed by atoms with Gasteiger partial charge in [-0.2, -0.15) is 5.26 Å². The minimum atomic E-state index is -3.96. The third-order valence-electron chi connectivity index (χ3n) is 3.97. The zero-order valence-electron chi connectivity index (χ0n) is 15.0. The molecule has 0 heterocycles. The van der Waals surface area contributed by atoms with Crippen LogP contribution in [0.4, 0.5) is 11.4 Å². The Bertz CT molecular complexity index is 1180. The minimum Gasteiger partial charge on any atom is -0.322 e. The number of sulfonamides is 1. The molecule has 0 saturated carbocycles. The van der Waals surface area contributed by atoms with E-state index < -0.39 is 15.9 Å². The van der Waals surface area contributed by atoms with Gasteiger partial charge in [0.1, 0.15) is 6.07 Å². The van der Waals surface area contributed by atoms with E-state index in [0.717, 1.165) is 5.56 Å². The van der Waals surface area contributed by atoms with Gasteiger partial charge in [-0.05, 0) is 55.0 Å². The van der Waals surface area contributed by atoms with Crippen LogP contribution in [0.2, 0.25) is 0 Å². The molecule has 0 atom stereocenters. The van der Waals surface area contributed by atoms with Crippen molar-refractivity contribution in [2.45, 2.75) is 11.8 Å². The molecule has 3 rings (SSSR count). The summed E-state index contributed by atoms with van der Waals surface area (Å²) in [4.78, 5) is 12.4. The number of benzene rings is 3. The second-order valence-corrected chi connectivity index (χ2v) is 7.80. The molecule has 0 unspecified atom stereocenters. The van der Waals surface area contributed by atoms with Crippen LogP contribution in [0.1, 0.15) is 21.5 Å². The second-order valence-electron chi connectivity index (χ2n) is 6.11. The molecular formula is C21H17N3O3S. The molecule has 0 aliphatic rings. The highest BCUT2D eigenvalue weighted by Crippen LogP contribution is 2.21. The molecule has 7 heteroatoms. The minimum absolute atomic E-state index is 0.0721. The standard InChI is InChI=1S/C21H17N3O3S/c1-15-6-4-9-18(12-15)23-21(25)16-8-5-10-19(13-16)28(26,27)24-20-11-3-2-7-17(20)14-22/h2-13,24H,1H3,(H,23,25). The summed E-state index contributed by atoms with van der Waals surface area (Å²) in [6.07, 6.45) is 0. The van der Waals surface area contributed by atoms with Gasteiger partial charge < -0.3 is 5.32 Å². The van der Waals surface area contributed by atoms with Gasteiger partial charge in [-0.25, -0.2) is 8.42 Å². The molecule has 0 aromatic heterocycles. The number of nitriles is 1. The lowest BCUT2D eigenvalue weighted by atomic mass is 10.2. The van der Waals surface area contributed by atoms with Crippen LogP contribution in [0, 0.1) is 18.3 Å². The van der Waals surface area contributed by atoms with Gasteiger partial charge >= 0.3 is 0 Å². The molecule has 0 aliphatic heterocycles. The maximum absolute atomic E-state index is 12.7. The quantitative estimate of drug-likeness (QED) is 0.688. The van der Waals surface area contributed by atoms with Crippen LogP contribution in [0.3, 0.4) is 0 Å². The smallest absolute Gasteiger partial charge is 0.261 e. The summed E-state index contributed by atoms with van der Waals surface area (Å²) < 4.78 is 27.8. The Morgan fingerprint density at radius 3 is 2.46 bits per heavy atom. The van der Waals surface area contributed by atoms with Crippen LogP contribution in [-0.2, 0) is 10.0 Å². The first-order valence-corrected chi connectivity index (χ1v) is 9.87. The summed E-state index contributed by atoms with van der Waals surface area (Å²) in [5.74, 6) is -0.417. The summed E-state index contributed by atoms with van der Waals surface area (Å²) in [6, 6.07) is 21.3. The maximum Gasteiger partial charge on any atom is 0.261 e. The molecule has 28 heavy (non-hydrogen) atoms. The molecule has 140 valence electrons. The molecule has 0 aliphatic carbocycles. The Morgan fingerprint density at radius 2 is 1.71 bits per heavy atom. The number of hydrogen-bond acceptors (Lipinski definition) is 4. The monoisotopic (exact) mass is 391 g/mol. The number of rotatable bonds is 5. The van der Waals surface area contributed by atoms with Gasteiger partial charge in [0.05, 0.1) is 16.1 Å². The number of hydrogen-bond donors (Lipinski definition) is 2. The number of para-hydroxylation sites is 1. The molecular weight excluding hydrogens is 374 g/mol. The van der Waals surface area contributed by atoms with Crippen LogP contribution >= 0.6 is 0 Å². The Labute approximate surface area is 163 Å². The fourth-order valence-corrected chi connectivity index (χ4v) is 3.73. The molecule has 0 spiro atoms. The first kappa shape index (κ1) is 19.1. The molecule has 0 radical (unpaired) electrons. The number of carbonyl (C=O) groups excluding carboxylic acids is 1. The van der Waals surface area contributed by atoms with Crippen molar-refractivity contribution in [3.63, 3.8) is 0 Å². The highest BCUT2D eigenvalue weighted by Gasteiger charge is 2.18. The number of aryl methyl sites for hydroxylation is 1. The summed E-state index contributed by atoms with van der Waals surface area (Å²) in [6.45, 7) is 1.91. The first-order valence-electron chi connectivity index (χ1n) is 8.39. The molecule has 6 nitrogen and oxygen atoms in total. The lowest BCUT2D eigenvalue weighted by Gasteiger charge is -2.11. The van der Waals surface area contributed by atoms with E-state index in [1.807, 2.05) is 31.2 Å². The van der Waals surface area contributed by atoms with Crippen molar-refractivity contribution in [3.05, 3.63) is 89.5 Å². The lowest BCUT2D eigenvalue weighted by Crippen LogP contribution is -2.16. The number of carbonyl (C=O) groups is 1. The average Bonchev–Trinajstić information content (AvgIpc) is 2.68. The average molecular weight is 391 g/mol. The van der Waals surface area contributed by atoms with Crippen LogP contribution in [0.5, 0.6) is 0 Å². The number of nitrogens with zero attached hydrogens (tertiary/aromatic N) is 1. The highest BCUT2D eigenvalue weighted by molar-refractivity contribution is 7.92. The van der Waals surface area contributed by atoms with Crippen molar-refractivity contribution in [1.29, 1.82) is 5.26 Å². The SMILES string of the molecule is Cc1cccc(NC(=O)c2cccc(S(=O)(=O)Nc3ccccc3C#N)c2)c1. The summed E-state index contributed by atoms with van der Waals surface area (Å²) >= 11 is 0. The van der Waals surface area contributed by atoms with E-state index in [-0.39, 0.29) is 21.7 Å². The zero-order chi connectivity index (χ0) is 20.1. The largest absolute Gasteiger partial charge is 0.322 e. The van der Waals surface area contributed by atoms with E-state index in [4.69, 9.17) is 5.26 Å². The van der Waals surface area contributed by atoms with Crippen molar-refractivity contribution < 1.29 is 13.2 Å². The fourth-order valence-electron chi connectivity index (χ4n) is 2.60. The molecule has 3 aromatic carbocycles. The topological polar surface area (TPSA) is 99.1 Å². The van der Waals surface area contributed by atoms with Gasteiger partial charge in [0.15, 0.2) is 0 Å². The van der Waals surface area contributed by atoms with E-state index >= 15 is 0 Å². The molecule has 3 aromatic rings. The summed E-state index contributed by atoms with van der Waals surface area (Å²) in [5.41, 5.74) is 2.21. The third kappa shape index (κ3) is 4.37. The van der Waals surface area contributed by atoms with Crippen molar-refractivity contribution >= 4 is 27.3 Å². The molecule has 0 saturated heterocycles. The number of amides is 1. The molecule has 2 N–H and O–H groups in total. The van der Waals surface area contributed by atoms with Crippen LogP contribution in [0.15, 0.2) is 77.7 Å². The highest BCUT2D eigenvalue weighted by atomic mass is 32.2. The van der Waals surface area contributed by atoms with E-state index in [2.05, 4.69) is 10.0 Å². The maximum atomic E-state index is 12.7. The normalized spacial score (nSPS) is 10.7. The zero-order valence-corrected chi connectivity index (χ0v) is 15.8. The predicted molar refractivity (Wildman–Crippen MR) is 108 cm³/mol. The van der Waals surface area contributed by atoms with Gasteiger partial charge in [-0.15, -0.1) is 0 Å². The Morgan fingerprint density at radius 1 is 0.964 bits per heavy atom. The second kappa shape index (κ2) is 7.94.